The average molecular weight is 324 g/mol. The van der Waals surface area contributed by atoms with Crippen LogP contribution in [0.5, 0.6) is 0 Å². The van der Waals surface area contributed by atoms with Gasteiger partial charge in [-0.3, -0.25) is 10.1 Å². The van der Waals surface area contributed by atoms with Gasteiger partial charge in [-0.15, -0.1) is 0 Å². The van der Waals surface area contributed by atoms with Gasteiger partial charge in [0.2, 0.25) is 6.54 Å². The van der Waals surface area contributed by atoms with Crippen LogP contribution in [0.25, 0.3) is 10.9 Å². The van der Waals surface area contributed by atoms with Gasteiger partial charge in [-0.25, -0.2) is 4.79 Å². The fourth-order valence-corrected chi connectivity index (χ4v) is 2.88. The molecule has 6 heteroatoms. The summed E-state index contributed by atoms with van der Waals surface area (Å²) in [5, 5.41) is 12.1. The average Bonchev–Trinajstić information content (AvgIpc) is 3.03. The number of carbonyl (C=O) groups is 1. The molecule has 122 valence electrons. The van der Waals surface area contributed by atoms with E-state index >= 15 is 0 Å². The summed E-state index contributed by atoms with van der Waals surface area (Å²) in [4.78, 5) is 25.5. The van der Waals surface area contributed by atoms with Crippen molar-refractivity contribution in [3.63, 3.8) is 0 Å². The molecule has 1 atom stereocenters. The first kappa shape index (κ1) is 15.7. The highest BCUT2D eigenvalue weighted by molar-refractivity contribution is 5.89. The lowest BCUT2D eigenvalue weighted by atomic mass is 9.90. The van der Waals surface area contributed by atoms with E-state index in [1.54, 1.807) is 24.3 Å². The standard InChI is InChI=1S/C18H16N2O4/c1-24-18(21)13-8-6-12(7-9-13)16(11-20(22)23)15-10-19-17-5-3-2-4-14(15)17/h2-10,16,19H,11H2,1H3. The summed E-state index contributed by atoms with van der Waals surface area (Å²) >= 11 is 0. The molecule has 3 rings (SSSR count). The second-order valence-electron chi connectivity index (χ2n) is 5.47. The number of hydrogen-bond donors (Lipinski definition) is 1. The maximum Gasteiger partial charge on any atom is 0.337 e. The van der Waals surface area contributed by atoms with Gasteiger partial charge in [-0.05, 0) is 29.3 Å². The Hall–Kier alpha value is -3.15. The molecule has 1 aromatic heterocycles. The zero-order valence-corrected chi connectivity index (χ0v) is 13.1. The number of hydrogen-bond acceptors (Lipinski definition) is 4. The summed E-state index contributed by atoms with van der Waals surface area (Å²) < 4.78 is 4.68. The lowest BCUT2D eigenvalue weighted by Crippen LogP contribution is -2.14. The molecular weight excluding hydrogens is 308 g/mol. The SMILES string of the molecule is COC(=O)c1ccc(C(C[N+](=O)[O-])c2c[nH]c3ccccc23)cc1. The predicted octanol–water partition coefficient (Wildman–Crippen LogP) is 3.36. The molecule has 0 saturated carbocycles. The third kappa shape index (κ3) is 2.99. The molecular formula is C18H16N2O4. The number of nitro groups is 1. The number of fused-ring (bicyclic) bond motifs is 1. The first-order chi connectivity index (χ1) is 11.6. The van der Waals surface area contributed by atoms with Crippen LogP contribution in [0.15, 0.2) is 54.7 Å². The van der Waals surface area contributed by atoms with E-state index in [-0.39, 0.29) is 11.5 Å². The number of aromatic amines is 1. The smallest absolute Gasteiger partial charge is 0.337 e. The number of nitrogens with one attached hydrogen (secondary N) is 1. The zero-order valence-electron chi connectivity index (χ0n) is 13.1. The topological polar surface area (TPSA) is 85.2 Å². The fourth-order valence-electron chi connectivity index (χ4n) is 2.88. The molecule has 0 radical (unpaired) electrons. The Bertz CT molecular complexity index is 883. The Morgan fingerprint density at radius 2 is 1.92 bits per heavy atom. The van der Waals surface area contributed by atoms with E-state index < -0.39 is 11.9 Å². The predicted molar refractivity (Wildman–Crippen MR) is 89.8 cm³/mol. The number of rotatable bonds is 5. The van der Waals surface area contributed by atoms with Crippen LogP contribution in [0.4, 0.5) is 0 Å². The van der Waals surface area contributed by atoms with Gasteiger partial charge in [0.25, 0.3) is 0 Å². The van der Waals surface area contributed by atoms with Crippen LogP contribution in [0.1, 0.15) is 27.4 Å². The van der Waals surface area contributed by atoms with Crippen molar-refractivity contribution >= 4 is 16.9 Å². The molecule has 0 aliphatic carbocycles. The summed E-state index contributed by atoms with van der Waals surface area (Å²) in [7, 11) is 1.32. The van der Waals surface area contributed by atoms with E-state index in [0.29, 0.717) is 5.56 Å². The quantitative estimate of drug-likeness (QED) is 0.443. The zero-order chi connectivity index (χ0) is 17.1. The molecule has 0 fully saturated rings. The van der Waals surface area contributed by atoms with Crippen LogP contribution in [0, 0.1) is 10.1 Å². The van der Waals surface area contributed by atoms with Crippen LogP contribution in [-0.4, -0.2) is 29.5 Å². The highest BCUT2D eigenvalue weighted by Gasteiger charge is 2.23. The van der Waals surface area contributed by atoms with E-state index in [9.17, 15) is 14.9 Å². The number of para-hydroxylation sites is 1. The highest BCUT2D eigenvalue weighted by atomic mass is 16.6. The molecule has 0 amide bonds. The van der Waals surface area contributed by atoms with Crippen molar-refractivity contribution in [2.24, 2.45) is 0 Å². The first-order valence-electron chi connectivity index (χ1n) is 7.46. The van der Waals surface area contributed by atoms with Gasteiger partial charge >= 0.3 is 5.97 Å². The summed E-state index contributed by atoms with van der Waals surface area (Å²) in [6.45, 7) is -0.223. The highest BCUT2D eigenvalue weighted by Crippen LogP contribution is 2.31. The van der Waals surface area contributed by atoms with Crippen LogP contribution in [0.2, 0.25) is 0 Å². The number of H-pyrrole nitrogens is 1. The van der Waals surface area contributed by atoms with Crippen molar-refractivity contribution in [3.8, 4) is 0 Å². The molecule has 1 unspecified atom stereocenters. The number of ether oxygens (including phenoxy) is 1. The van der Waals surface area contributed by atoms with Crippen LogP contribution in [-0.2, 0) is 4.74 Å². The molecule has 6 nitrogen and oxygen atoms in total. The van der Waals surface area contributed by atoms with Crippen molar-refractivity contribution in [3.05, 3.63) is 81.5 Å². The minimum Gasteiger partial charge on any atom is -0.465 e. The van der Waals surface area contributed by atoms with Crippen molar-refractivity contribution in [1.29, 1.82) is 0 Å². The number of esters is 1. The van der Waals surface area contributed by atoms with E-state index in [2.05, 4.69) is 9.72 Å². The molecule has 3 aromatic rings. The van der Waals surface area contributed by atoms with Crippen LogP contribution >= 0.6 is 0 Å². The van der Waals surface area contributed by atoms with Gasteiger partial charge in [-0.1, -0.05) is 30.3 Å². The Morgan fingerprint density at radius 3 is 2.58 bits per heavy atom. The van der Waals surface area contributed by atoms with E-state index in [1.165, 1.54) is 7.11 Å². The summed E-state index contributed by atoms with van der Waals surface area (Å²) in [6, 6.07) is 14.4. The Kier molecular flexibility index (Phi) is 4.29. The normalized spacial score (nSPS) is 12.0. The van der Waals surface area contributed by atoms with Gasteiger partial charge < -0.3 is 9.72 Å². The monoisotopic (exact) mass is 324 g/mol. The Morgan fingerprint density at radius 1 is 1.21 bits per heavy atom. The molecule has 0 aliphatic heterocycles. The van der Waals surface area contributed by atoms with Gasteiger partial charge in [0.1, 0.15) is 0 Å². The third-order valence-corrected chi connectivity index (χ3v) is 4.06. The number of carbonyl (C=O) groups excluding carboxylic acids is 1. The summed E-state index contributed by atoms with van der Waals surface area (Å²) in [6.07, 6.45) is 1.81. The van der Waals surface area contributed by atoms with Crippen LogP contribution < -0.4 is 0 Å². The molecule has 0 bridgehead atoms. The maximum absolute atomic E-state index is 11.5. The van der Waals surface area contributed by atoms with Crippen molar-refractivity contribution in [2.75, 3.05) is 13.7 Å². The largest absolute Gasteiger partial charge is 0.465 e. The van der Waals surface area contributed by atoms with Crippen molar-refractivity contribution < 1.29 is 14.5 Å². The van der Waals surface area contributed by atoms with Gasteiger partial charge in [0, 0.05) is 22.0 Å². The number of methoxy groups -OCH3 is 1. The second-order valence-corrected chi connectivity index (χ2v) is 5.47. The molecule has 0 aliphatic rings. The van der Waals surface area contributed by atoms with Gasteiger partial charge in [0.15, 0.2) is 0 Å². The van der Waals surface area contributed by atoms with Crippen molar-refractivity contribution in [1.82, 2.24) is 4.98 Å². The van der Waals surface area contributed by atoms with E-state index in [1.807, 2.05) is 30.5 Å². The molecule has 0 spiro atoms. The first-order valence-corrected chi connectivity index (χ1v) is 7.46. The number of nitrogens with zero attached hydrogens (tertiary/aromatic N) is 1. The van der Waals surface area contributed by atoms with E-state index in [0.717, 1.165) is 22.0 Å². The minimum absolute atomic E-state index is 0.223. The number of aromatic nitrogens is 1. The fraction of sp³-hybridized carbons (Fsp3) is 0.167. The molecule has 0 saturated heterocycles. The lowest BCUT2D eigenvalue weighted by molar-refractivity contribution is -0.481. The molecule has 2 aromatic carbocycles. The Labute approximate surface area is 138 Å². The lowest BCUT2D eigenvalue weighted by Gasteiger charge is -2.13. The molecule has 1 N–H and O–H groups in total. The molecule has 1 heterocycles. The summed E-state index contributed by atoms with van der Waals surface area (Å²) in [5.41, 5.74) is 3.00. The third-order valence-electron chi connectivity index (χ3n) is 4.06. The maximum atomic E-state index is 11.5. The van der Waals surface area contributed by atoms with Gasteiger partial charge in [-0.2, -0.15) is 0 Å². The minimum atomic E-state index is -0.431. The van der Waals surface area contributed by atoms with Crippen LogP contribution in [0.3, 0.4) is 0 Å². The van der Waals surface area contributed by atoms with Gasteiger partial charge in [0.05, 0.1) is 18.6 Å². The molecule has 24 heavy (non-hydrogen) atoms. The Balaban J connectivity index is 2.03. The number of benzene rings is 2. The van der Waals surface area contributed by atoms with Crippen molar-refractivity contribution in [2.45, 2.75) is 5.92 Å². The van der Waals surface area contributed by atoms with E-state index in [4.69, 9.17) is 0 Å². The summed E-state index contributed by atoms with van der Waals surface area (Å²) in [5.74, 6) is -0.831. The second kappa shape index (κ2) is 6.54.